The van der Waals surface area contributed by atoms with Crippen LogP contribution in [0.15, 0.2) is 11.3 Å². The van der Waals surface area contributed by atoms with E-state index in [1.807, 2.05) is 11.6 Å². The molecule has 1 aromatic heterocycles. The molecule has 0 atom stereocenters. The zero-order valence-corrected chi connectivity index (χ0v) is 16.8. The van der Waals surface area contributed by atoms with Gasteiger partial charge in [-0.1, -0.05) is 6.92 Å². The van der Waals surface area contributed by atoms with Gasteiger partial charge in [-0.2, -0.15) is 0 Å². The number of guanidine groups is 1. The summed E-state index contributed by atoms with van der Waals surface area (Å²) in [6, 6.07) is 0.503. The van der Waals surface area contributed by atoms with Crippen LogP contribution in [0, 0.1) is 0 Å². The van der Waals surface area contributed by atoms with Crippen LogP contribution < -0.4 is 10.6 Å². The second-order valence-corrected chi connectivity index (χ2v) is 5.72. The average molecular weight is 435 g/mol. The molecule has 1 aliphatic heterocycles. The molecule has 0 amide bonds. The maximum absolute atomic E-state index is 4.32. The van der Waals surface area contributed by atoms with Crippen LogP contribution in [-0.4, -0.2) is 58.3 Å². The van der Waals surface area contributed by atoms with Gasteiger partial charge in [0.15, 0.2) is 11.8 Å². The number of hydrogen-bond donors (Lipinski definition) is 2. The van der Waals surface area contributed by atoms with E-state index in [4.69, 9.17) is 0 Å². The van der Waals surface area contributed by atoms with E-state index in [2.05, 4.69) is 44.6 Å². The smallest absolute Gasteiger partial charge is 0.191 e. The third kappa shape index (κ3) is 6.25. The van der Waals surface area contributed by atoms with Gasteiger partial charge in [0.25, 0.3) is 0 Å². The SMILES string of the molecule is CCCN1CCC(NC(=NC)NCc2nncn2CC)CC1.I. The third-order valence-corrected chi connectivity index (χ3v) is 4.14. The summed E-state index contributed by atoms with van der Waals surface area (Å²) < 4.78 is 2.03. The minimum Gasteiger partial charge on any atom is -0.354 e. The number of aromatic nitrogens is 3. The molecule has 0 aromatic carbocycles. The fraction of sp³-hybridized carbons (Fsp3) is 0.800. The van der Waals surface area contributed by atoms with E-state index in [0.717, 1.165) is 18.3 Å². The second kappa shape index (κ2) is 10.8. The van der Waals surface area contributed by atoms with Gasteiger partial charge in [-0.15, -0.1) is 34.2 Å². The first kappa shape index (κ1) is 20.1. The lowest BCUT2D eigenvalue weighted by molar-refractivity contribution is 0.206. The standard InChI is InChI=1S/C15H29N7.HI/c1-4-8-21-9-6-13(7-10-21)19-15(16-3)17-11-14-20-18-12-22(14)5-2;/h12-13H,4-11H2,1-3H3,(H2,16,17,19);1H. The summed E-state index contributed by atoms with van der Waals surface area (Å²) in [6.45, 7) is 9.41. The molecule has 1 aliphatic rings. The number of nitrogens with zero attached hydrogens (tertiary/aromatic N) is 5. The molecule has 1 saturated heterocycles. The molecule has 8 heteroatoms. The Labute approximate surface area is 156 Å². The van der Waals surface area contributed by atoms with Crippen LogP contribution in [0.3, 0.4) is 0 Å². The van der Waals surface area contributed by atoms with E-state index in [1.54, 1.807) is 6.33 Å². The van der Waals surface area contributed by atoms with Gasteiger partial charge >= 0.3 is 0 Å². The fourth-order valence-corrected chi connectivity index (χ4v) is 2.85. The first-order valence-electron chi connectivity index (χ1n) is 8.33. The Morgan fingerprint density at radius 2 is 2.09 bits per heavy atom. The van der Waals surface area contributed by atoms with Gasteiger partial charge in [-0.05, 0) is 32.7 Å². The van der Waals surface area contributed by atoms with E-state index >= 15 is 0 Å². The Morgan fingerprint density at radius 1 is 1.35 bits per heavy atom. The zero-order chi connectivity index (χ0) is 15.8. The van der Waals surface area contributed by atoms with Crippen molar-refractivity contribution < 1.29 is 0 Å². The van der Waals surface area contributed by atoms with Crippen molar-refractivity contribution in [2.24, 2.45) is 4.99 Å². The van der Waals surface area contributed by atoms with E-state index in [9.17, 15) is 0 Å². The Bertz CT molecular complexity index is 466. The molecule has 0 saturated carbocycles. The lowest BCUT2D eigenvalue weighted by Gasteiger charge is -2.32. The topological polar surface area (TPSA) is 70.4 Å². The molecule has 0 radical (unpaired) electrons. The van der Waals surface area contributed by atoms with Gasteiger partial charge in [0.1, 0.15) is 6.33 Å². The molecule has 0 bridgehead atoms. The van der Waals surface area contributed by atoms with Gasteiger partial charge in [0.2, 0.25) is 0 Å². The number of nitrogens with one attached hydrogen (secondary N) is 2. The normalized spacial score (nSPS) is 16.9. The van der Waals surface area contributed by atoms with Gasteiger partial charge in [0, 0.05) is 32.7 Å². The molecule has 0 spiro atoms. The van der Waals surface area contributed by atoms with E-state index in [1.165, 1.54) is 38.9 Å². The summed E-state index contributed by atoms with van der Waals surface area (Å²) in [4.78, 5) is 6.86. The van der Waals surface area contributed by atoms with E-state index in [0.29, 0.717) is 12.6 Å². The third-order valence-electron chi connectivity index (χ3n) is 4.14. The van der Waals surface area contributed by atoms with Crippen molar-refractivity contribution >= 4 is 29.9 Å². The summed E-state index contributed by atoms with van der Waals surface area (Å²) in [5, 5.41) is 14.9. The van der Waals surface area contributed by atoms with Crippen molar-refractivity contribution in [3.05, 3.63) is 12.2 Å². The van der Waals surface area contributed by atoms with Gasteiger partial charge in [-0.3, -0.25) is 4.99 Å². The van der Waals surface area contributed by atoms with Gasteiger partial charge in [0.05, 0.1) is 6.54 Å². The minimum atomic E-state index is 0. The van der Waals surface area contributed by atoms with Crippen LogP contribution in [0.4, 0.5) is 0 Å². The van der Waals surface area contributed by atoms with Crippen LogP contribution >= 0.6 is 24.0 Å². The summed E-state index contributed by atoms with van der Waals surface area (Å²) in [7, 11) is 1.81. The van der Waals surface area contributed by atoms with Gasteiger partial charge < -0.3 is 20.1 Å². The molecular formula is C15H30IN7. The summed E-state index contributed by atoms with van der Waals surface area (Å²) in [6.07, 6.45) is 5.34. The molecule has 2 N–H and O–H groups in total. The summed E-state index contributed by atoms with van der Waals surface area (Å²) >= 11 is 0. The van der Waals surface area contributed by atoms with Crippen LogP contribution in [0.1, 0.15) is 38.9 Å². The molecular weight excluding hydrogens is 405 g/mol. The Balaban J connectivity index is 0.00000264. The second-order valence-electron chi connectivity index (χ2n) is 5.72. The van der Waals surface area contributed by atoms with Crippen LogP contribution in [-0.2, 0) is 13.1 Å². The lowest BCUT2D eigenvalue weighted by atomic mass is 10.1. The highest BCUT2D eigenvalue weighted by molar-refractivity contribution is 14.0. The largest absolute Gasteiger partial charge is 0.354 e. The van der Waals surface area contributed by atoms with Crippen molar-refractivity contribution in [3.63, 3.8) is 0 Å². The number of aliphatic imine (C=N–C) groups is 1. The number of likely N-dealkylation sites (tertiary alicyclic amines) is 1. The quantitative estimate of drug-likeness (QED) is 0.402. The molecule has 0 unspecified atom stereocenters. The first-order chi connectivity index (χ1) is 10.8. The van der Waals surface area contributed by atoms with Crippen molar-refractivity contribution in [1.82, 2.24) is 30.3 Å². The minimum absolute atomic E-state index is 0. The summed E-state index contributed by atoms with van der Waals surface area (Å²) in [5.41, 5.74) is 0. The highest BCUT2D eigenvalue weighted by atomic mass is 127. The Hall–Kier alpha value is -0.900. The Morgan fingerprint density at radius 3 is 2.70 bits per heavy atom. The highest BCUT2D eigenvalue weighted by Crippen LogP contribution is 2.10. The fourth-order valence-electron chi connectivity index (χ4n) is 2.85. The van der Waals surface area contributed by atoms with Crippen LogP contribution in [0.25, 0.3) is 0 Å². The molecule has 0 aliphatic carbocycles. The van der Waals surface area contributed by atoms with Crippen molar-refractivity contribution in [2.45, 2.75) is 52.2 Å². The Kier molecular flexibility index (Phi) is 9.46. The number of aryl methyl sites for hydroxylation is 1. The summed E-state index contributed by atoms with van der Waals surface area (Å²) in [5.74, 6) is 1.78. The van der Waals surface area contributed by atoms with Crippen molar-refractivity contribution in [2.75, 3.05) is 26.7 Å². The number of rotatable bonds is 6. The molecule has 7 nitrogen and oxygen atoms in total. The van der Waals surface area contributed by atoms with Crippen molar-refractivity contribution in [1.29, 1.82) is 0 Å². The molecule has 23 heavy (non-hydrogen) atoms. The van der Waals surface area contributed by atoms with E-state index in [-0.39, 0.29) is 24.0 Å². The monoisotopic (exact) mass is 435 g/mol. The maximum atomic E-state index is 4.32. The molecule has 2 heterocycles. The van der Waals surface area contributed by atoms with Crippen molar-refractivity contribution in [3.8, 4) is 0 Å². The van der Waals surface area contributed by atoms with E-state index < -0.39 is 0 Å². The first-order valence-corrected chi connectivity index (χ1v) is 8.33. The predicted octanol–water partition coefficient (Wildman–Crippen LogP) is 1.46. The lowest BCUT2D eigenvalue weighted by Crippen LogP contribution is -2.48. The molecule has 132 valence electrons. The average Bonchev–Trinajstić information content (AvgIpc) is 3.01. The molecule has 1 aromatic rings. The zero-order valence-electron chi connectivity index (χ0n) is 14.5. The molecule has 1 fully saturated rings. The van der Waals surface area contributed by atoms with Crippen LogP contribution in [0.5, 0.6) is 0 Å². The van der Waals surface area contributed by atoms with Gasteiger partial charge in [-0.25, -0.2) is 0 Å². The molecule has 2 rings (SSSR count). The van der Waals surface area contributed by atoms with Crippen LogP contribution in [0.2, 0.25) is 0 Å². The maximum Gasteiger partial charge on any atom is 0.191 e. The number of hydrogen-bond acceptors (Lipinski definition) is 4. The predicted molar refractivity (Wildman–Crippen MR) is 104 cm³/mol. The number of piperidine rings is 1. The highest BCUT2D eigenvalue weighted by Gasteiger charge is 2.19. The number of halogens is 1.